The molecule has 1 unspecified atom stereocenters. The van der Waals surface area contributed by atoms with Gasteiger partial charge < -0.3 is 19.7 Å². The summed E-state index contributed by atoms with van der Waals surface area (Å²) in [5, 5.41) is 18.8. The van der Waals surface area contributed by atoms with Crippen LogP contribution in [0.1, 0.15) is 11.1 Å². The number of hydrogen-bond donors (Lipinski definition) is 2. The Labute approximate surface area is 157 Å². The van der Waals surface area contributed by atoms with E-state index in [-0.39, 0.29) is 25.0 Å². The number of benzene rings is 2. The van der Waals surface area contributed by atoms with E-state index in [0.29, 0.717) is 11.5 Å². The summed E-state index contributed by atoms with van der Waals surface area (Å²) in [6.07, 6.45) is -0.532. The molecule has 0 aliphatic heterocycles. The summed E-state index contributed by atoms with van der Waals surface area (Å²) >= 11 is 11.1. The molecule has 4 nitrogen and oxygen atoms in total. The molecule has 0 amide bonds. The zero-order chi connectivity index (χ0) is 18.1. The van der Waals surface area contributed by atoms with Gasteiger partial charge in [-0.1, -0.05) is 24.3 Å². The van der Waals surface area contributed by atoms with Gasteiger partial charge in [0.2, 0.25) is 0 Å². The molecule has 2 aromatic rings. The summed E-state index contributed by atoms with van der Waals surface area (Å²) in [5.41, 5.74) is 2.30. The summed E-state index contributed by atoms with van der Waals surface area (Å²) < 4.78 is 10.9. The van der Waals surface area contributed by atoms with Crippen molar-refractivity contribution in [2.24, 2.45) is 0 Å². The number of halogens is 2. The van der Waals surface area contributed by atoms with E-state index in [0.717, 1.165) is 17.5 Å². The normalized spacial score (nSPS) is 13.3. The van der Waals surface area contributed by atoms with Crippen molar-refractivity contribution in [2.75, 3.05) is 25.0 Å². The largest absolute Gasteiger partial charge is 0.491 e. The summed E-state index contributed by atoms with van der Waals surface area (Å²) in [6, 6.07) is 15.5. The maximum Gasteiger partial charge on any atom is 0.119 e. The van der Waals surface area contributed by atoms with Crippen molar-refractivity contribution in [2.45, 2.75) is 18.6 Å². The lowest BCUT2D eigenvalue weighted by molar-refractivity contribution is 0.125. The zero-order valence-electron chi connectivity index (χ0n) is 13.8. The van der Waals surface area contributed by atoms with E-state index < -0.39 is 12.2 Å². The van der Waals surface area contributed by atoms with Crippen LogP contribution in [0, 0.1) is 0 Å². The first-order valence-electron chi connectivity index (χ1n) is 8.02. The van der Waals surface area contributed by atoms with Crippen LogP contribution >= 0.6 is 23.2 Å². The molecular weight excluding hydrogens is 363 g/mol. The van der Waals surface area contributed by atoms with Crippen LogP contribution in [0.5, 0.6) is 11.5 Å². The molecule has 0 aliphatic rings. The van der Waals surface area contributed by atoms with Crippen LogP contribution in [0.15, 0.2) is 48.5 Å². The Hall–Kier alpha value is -1.46. The van der Waals surface area contributed by atoms with E-state index in [1.54, 1.807) is 0 Å². The molecule has 6 heteroatoms. The van der Waals surface area contributed by atoms with Crippen molar-refractivity contribution in [1.29, 1.82) is 0 Å². The third-order valence-electron chi connectivity index (χ3n) is 3.50. The van der Waals surface area contributed by atoms with Crippen LogP contribution in [0.25, 0.3) is 0 Å². The van der Waals surface area contributed by atoms with Gasteiger partial charge in [0.1, 0.15) is 36.9 Å². The fraction of sp³-hybridized carbons (Fsp3) is 0.368. The molecule has 0 aromatic heterocycles. The van der Waals surface area contributed by atoms with Gasteiger partial charge in [-0.25, -0.2) is 0 Å². The van der Waals surface area contributed by atoms with Crippen molar-refractivity contribution in [3.8, 4) is 11.5 Å². The minimum atomic E-state index is -0.660. The molecule has 2 rings (SSSR count). The molecule has 25 heavy (non-hydrogen) atoms. The SMILES string of the molecule is OC(CCl)COc1ccc(Cc2ccc(OC[C@H](O)CCl)cc2)cc1. The van der Waals surface area contributed by atoms with Gasteiger partial charge in [0.15, 0.2) is 0 Å². The van der Waals surface area contributed by atoms with Crippen molar-refractivity contribution in [1.82, 2.24) is 0 Å². The van der Waals surface area contributed by atoms with E-state index in [1.165, 1.54) is 0 Å². The maximum atomic E-state index is 9.39. The van der Waals surface area contributed by atoms with E-state index in [1.807, 2.05) is 48.5 Å². The summed E-state index contributed by atoms with van der Waals surface area (Å²) in [6.45, 7) is 0.367. The van der Waals surface area contributed by atoms with Crippen molar-refractivity contribution < 1.29 is 19.7 Å². The van der Waals surface area contributed by atoms with E-state index in [2.05, 4.69) is 0 Å². The van der Waals surface area contributed by atoms with E-state index in [9.17, 15) is 10.2 Å². The monoisotopic (exact) mass is 384 g/mol. The minimum Gasteiger partial charge on any atom is -0.491 e. The smallest absolute Gasteiger partial charge is 0.119 e. The van der Waals surface area contributed by atoms with Gasteiger partial charge in [-0.05, 0) is 41.8 Å². The Morgan fingerprint density at radius 1 is 0.680 bits per heavy atom. The molecule has 0 aliphatic carbocycles. The lowest BCUT2D eigenvalue weighted by Gasteiger charge is -2.11. The van der Waals surface area contributed by atoms with Crippen molar-refractivity contribution in [3.63, 3.8) is 0 Å². The molecule has 2 atom stereocenters. The Kier molecular flexibility index (Phi) is 8.35. The van der Waals surface area contributed by atoms with Crippen molar-refractivity contribution in [3.05, 3.63) is 59.7 Å². The van der Waals surface area contributed by atoms with Gasteiger partial charge >= 0.3 is 0 Å². The quantitative estimate of drug-likeness (QED) is 0.617. The summed E-state index contributed by atoms with van der Waals surface area (Å²) in [5.74, 6) is 1.72. The number of aliphatic hydroxyl groups is 2. The molecule has 0 saturated carbocycles. The van der Waals surface area contributed by atoms with Gasteiger partial charge in [0, 0.05) is 0 Å². The van der Waals surface area contributed by atoms with Crippen LogP contribution in [0.3, 0.4) is 0 Å². The topological polar surface area (TPSA) is 58.9 Å². The lowest BCUT2D eigenvalue weighted by atomic mass is 10.0. The first kappa shape index (κ1) is 19.9. The van der Waals surface area contributed by atoms with Crippen molar-refractivity contribution >= 4 is 23.2 Å². The lowest BCUT2D eigenvalue weighted by Crippen LogP contribution is -2.18. The number of hydrogen-bond acceptors (Lipinski definition) is 4. The third-order valence-corrected chi connectivity index (χ3v) is 4.21. The second-order valence-electron chi connectivity index (χ2n) is 5.70. The highest BCUT2D eigenvalue weighted by Gasteiger charge is 2.05. The number of alkyl halides is 2. The Morgan fingerprint density at radius 3 is 1.36 bits per heavy atom. The third kappa shape index (κ3) is 7.12. The van der Waals surface area contributed by atoms with Crippen LogP contribution in [0.2, 0.25) is 0 Å². The molecular formula is C19H22Cl2O4. The zero-order valence-corrected chi connectivity index (χ0v) is 15.3. The summed E-state index contributed by atoms with van der Waals surface area (Å²) in [4.78, 5) is 0. The van der Waals surface area contributed by atoms with Crippen LogP contribution in [0.4, 0.5) is 0 Å². The molecule has 0 fully saturated rings. The second kappa shape index (κ2) is 10.5. The second-order valence-corrected chi connectivity index (χ2v) is 6.32. The molecule has 0 saturated heterocycles. The molecule has 2 aromatic carbocycles. The predicted molar refractivity (Wildman–Crippen MR) is 100 cm³/mol. The van der Waals surface area contributed by atoms with Crippen LogP contribution in [-0.2, 0) is 6.42 Å². The number of aliphatic hydroxyl groups excluding tert-OH is 2. The van der Waals surface area contributed by atoms with Gasteiger partial charge in [-0.3, -0.25) is 0 Å². The number of ether oxygens (including phenoxy) is 2. The fourth-order valence-corrected chi connectivity index (χ4v) is 2.29. The van der Waals surface area contributed by atoms with Crippen LogP contribution < -0.4 is 9.47 Å². The first-order valence-corrected chi connectivity index (χ1v) is 9.09. The standard InChI is InChI=1S/C19H22Cl2O4/c20-10-16(22)12-24-18-5-1-14(2-6-18)9-15-3-7-19(8-4-15)25-13-17(23)11-21/h1-8,16-17,22-23H,9-13H2/t16-,17?/m1/s1. The maximum absolute atomic E-state index is 9.39. The highest BCUT2D eigenvalue weighted by molar-refractivity contribution is 6.18. The van der Waals surface area contributed by atoms with Gasteiger partial charge in [-0.2, -0.15) is 0 Å². The molecule has 2 N–H and O–H groups in total. The van der Waals surface area contributed by atoms with Gasteiger partial charge in [0.05, 0.1) is 11.8 Å². The van der Waals surface area contributed by atoms with Gasteiger partial charge in [-0.15, -0.1) is 23.2 Å². The molecule has 0 radical (unpaired) electrons. The molecule has 0 spiro atoms. The molecule has 0 heterocycles. The highest BCUT2D eigenvalue weighted by atomic mass is 35.5. The Balaban J connectivity index is 1.85. The predicted octanol–water partition coefficient (Wildman–Crippen LogP) is 3.23. The highest BCUT2D eigenvalue weighted by Crippen LogP contribution is 2.18. The first-order chi connectivity index (χ1) is 12.1. The molecule has 136 valence electrons. The number of rotatable bonds is 10. The Bertz CT molecular complexity index is 561. The van der Waals surface area contributed by atoms with E-state index >= 15 is 0 Å². The minimum absolute atomic E-state index is 0.155. The van der Waals surface area contributed by atoms with Gasteiger partial charge in [0.25, 0.3) is 0 Å². The Morgan fingerprint density at radius 2 is 1.04 bits per heavy atom. The van der Waals surface area contributed by atoms with Crippen LogP contribution in [-0.4, -0.2) is 47.4 Å². The fourth-order valence-electron chi connectivity index (χ4n) is 2.12. The average molecular weight is 385 g/mol. The van der Waals surface area contributed by atoms with E-state index in [4.69, 9.17) is 32.7 Å². The summed E-state index contributed by atoms with van der Waals surface area (Å²) in [7, 11) is 0. The molecule has 0 bridgehead atoms. The average Bonchev–Trinajstić information content (AvgIpc) is 2.66.